The van der Waals surface area contributed by atoms with Crippen molar-refractivity contribution < 1.29 is 30.3 Å². The fourth-order valence-corrected chi connectivity index (χ4v) is 1.65. The van der Waals surface area contributed by atoms with Gasteiger partial charge in [-0.05, 0) is 23.8 Å². The van der Waals surface area contributed by atoms with E-state index in [1.54, 1.807) is 0 Å². The van der Waals surface area contributed by atoms with Crippen LogP contribution >= 0.6 is 0 Å². The van der Waals surface area contributed by atoms with Gasteiger partial charge in [0.25, 0.3) is 0 Å². The molecule has 0 aromatic heterocycles. The summed E-state index contributed by atoms with van der Waals surface area (Å²) in [5, 5.41) is 2.92. The van der Waals surface area contributed by atoms with Crippen molar-refractivity contribution in [3.8, 4) is 0 Å². The Morgan fingerprint density at radius 3 is 2.50 bits per heavy atom. The SMILES string of the molecule is O=S(=O)(ON=C1Cc2cc(F)ccc21)C(F)(F)F. The molecule has 1 aromatic rings. The van der Waals surface area contributed by atoms with Crippen molar-refractivity contribution >= 4 is 15.8 Å². The molecule has 0 saturated carbocycles. The van der Waals surface area contributed by atoms with Gasteiger partial charge < -0.3 is 0 Å². The molecule has 0 radical (unpaired) electrons. The Morgan fingerprint density at radius 1 is 1.28 bits per heavy atom. The lowest BCUT2D eigenvalue weighted by Gasteiger charge is -2.20. The quantitative estimate of drug-likeness (QED) is 0.473. The number of hydrogen-bond donors (Lipinski definition) is 0. The number of fused-ring (bicyclic) bond motifs is 1. The molecule has 0 spiro atoms. The summed E-state index contributed by atoms with van der Waals surface area (Å²) in [7, 11) is -5.74. The Kier molecular flexibility index (Phi) is 2.80. The molecule has 0 unspecified atom stereocenters. The van der Waals surface area contributed by atoms with E-state index in [0.29, 0.717) is 11.1 Å². The molecule has 0 atom stereocenters. The first-order valence-electron chi connectivity index (χ1n) is 4.56. The summed E-state index contributed by atoms with van der Waals surface area (Å²) < 4.78 is 73.1. The van der Waals surface area contributed by atoms with Crippen LogP contribution in [0.15, 0.2) is 23.4 Å². The maximum atomic E-state index is 12.7. The van der Waals surface area contributed by atoms with Crippen molar-refractivity contribution in [1.29, 1.82) is 0 Å². The second-order valence-corrected chi connectivity index (χ2v) is 5.01. The van der Waals surface area contributed by atoms with Gasteiger partial charge in [-0.1, -0.05) is 5.16 Å². The fourth-order valence-electron chi connectivity index (χ4n) is 1.38. The Hall–Kier alpha value is -1.64. The molecule has 0 aliphatic heterocycles. The van der Waals surface area contributed by atoms with Gasteiger partial charge in [-0.15, -0.1) is 0 Å². The lowest BCUT2D eigenvalue weighted by atomic mass is 9.86. The van der Waals surface area contributed by atoms with Crippen LogP contribution in [0.5, 0.6) is 0 Å². The number of oxime groups is 1. The summed E-state index contributed by atoms with van der Waals surface area (Å²) in [6.07, 6.45) is 0.0560. The highest BCUT2D eigenvalue weighted by Crippen LogP contribution is 2.28. The average molecular weight is 283 g/mol. The number of benzene rings is 1. The van der Waals surface area contributed by atoms with Crippen LogP contribution in [0.3, 0.4) is 0 Å². The van der Waals surface area contributed by atoms with Gasteiger partial charge >= 0.3 is 15.6 Å². The number of halogens is 4. The maximum Gasteiger partial charge on any atom is 0.536 e. The highest BCUT2D eigenvalue weighted by Gasteiger charge is 2.49. The number of hydrogen-bond acceptors (Lipinski definition) is 4. The predicted octanol–water partition coefficient (Wildman–Crippen LogP) is 1.95. The van der Waals surface area contributed by atoms with Crippen molar-refractivity contribution in [2.45, 2.75) is 11.9 Å². The highest BCUT2D eigenvalue weighted by molar-refractivity contribution is 7.87. The van der Waals surface area contributed by atoms with Gasteiger partial charge in [0, 0.05) is 12.0 Å². The summed E-state index contributed by atoms with van der Waals surface area (Å²) in [5.74, 6) is -0.489. The van der Waals surface area contributed by atoms with Crippen molar-refractivity contribution in [3.05, 3.63) is 35.1 Å². The van der Waals surface area contributed by atoms with E-state index < -0.39 is 21.4 Å². The summed E-state index contributed by atoms with van der Waals surface area (Å²) >= 11 is 0. The van der Waals surface area contributed by atoms with Gasteiger partial charge in [-0.3, -0.25) is 4.28 Å². The molecule has 2 rings (SSSR count). The minimum atomic E-state index is -5.74. The normalized spacial score (nSPS) is 17.2. The van der Waals surface area contributed by atoms with Crippen LogP contribution in [0.4, 0.5) is 17.6 Å². The third-order valence-corrected chi connectivity index (χ3v) is 3.10. The maximum absolute atomic E-state index is 12.7. The fraction of sp³-hybridized carbons (Fsp3) is 0.222. The van der Waals surface area contributed by atoms with Crippen LogP contribution < -0.4 is 0 Å². The number of nitrogens with zero attached hydrogens (tertiary/aromatic N) is 1. The summed E-state index contributed by atoms with van der Waals surface area (Å²) in [6.45, 7) is 0. The Bertz CT molecular complexity index is 621. The third-order valence-electron chi connectivity index (χ3n) is 2.27. The van der Waals surface area contributed by atoms with Crippen LogP contribution in [-0.4, -0.2) is 19.6 Å². The van der Waals surface area contributed by atoms with E-state index >= 15 is 0 Å². The van der Waals surface area contributed by atoms with Crippen LogP contribution in [-0.2, 0) is 20.8 Å². The largest absolute Gasteiger partial charge is 0.536 e. The smallest absolute Gasteiger partial charge is 0.262 e. The molecule has 0 bridgehead atoms. The van der Waals surface area contributed by atoms with E-state index in [9.17, 15) is 26.0 Å². The van der Waals surface area contributed by atoms with E-state index in [2.05, 4.69) is 9.44 Å². The molecular weight excluding hydrogens is 278 g/mol. The minimum Gasteiger partial charge on any atom is -0.262 e. The predicted molar refractivity (Wildman–Crippen MR) is 52.7 cm³/mol. The first kappa shape index (κ1) is 12.8. The van der Waals surface area contributed by atoms with Gasteiger partial charge in [0.1, 0.15) is 5.82 Å². The zero-order valence-electron chi connectivity index (χ0n) is 8.53. The molecule has 1 aliphatic rings. The van der Waals surface area contributed by atoms with E-state index in [-0.39, 0.29) is 12.1 Å². The first-order chi connectivity index (χ1) is 8.21. The molecule has 0 N–H and O–H groups in total. The van der Waals surface area contributed by atoms with E-state index in [1.807, 2.05) is 0 Å². The zero-order chi connectivity index (χ0) is 13.6. The molecule has 0 fully saturated rings. The van der Waals surface area contributed by atoms with Gasteiger partial charge in [-0.25, -0.2) is 4.39 Å². The average Bonchev–Trinajstić information content (AvgIpc) is 2.19. The monoisotopic (exact) mass is 283 g/mol. The first-order valence-corrected chi connectivity index (χ1v) is 5.97. The van der Waals surface area contributed by atoms with Gasteiger partial charge in [0.05, 0.1) is 5.71 Å². The minimum absolute atomic E-state index is 0.0258. The Labute approximate surface area is 99.0 Å². The van der Waals surface area contributed by atoms with Gasteiger partial charge in [0.2, 0.25) is 0 Å². The number of alkyl halides is 3. The van der Waals surface area contributed by atoms with E-state index in [1.165, 1.54) is 12.1 Å². The molecule has 18 heavy (non-hydrogen) atoms. The second-order valence-electron chi connectivity index (χ2n) is 3.49. The Balaban J connectivity index is 2.18. The van der Waals surface area contributed by atoms with Gasteiger partial charge in [-0.2, -0.15) is 21.6 Å². The van der Waals surface area contributed by atoms with Crippen LogP contribution in [0, 0.1) is 5.82 Å². The standard InChI is InChI=1S/C9H5F4NO3S/c10-6-1-2-7-5(3-6)4-8(7)14-17-18(15,16)9(11,12)13/h1-3H,4H2. The van der Waals surface area contributed by atoms with Crippen LogP contribution in [0.1, 0.15) is 11.1 Å². The van der Waals surface area contributed by atoms with Crippen molar-refractivity contribution in [3.63, 3.8) is 0 Å². The third kappa shape index (κ3) is 2.17. The van der Waals surface area contributed by atoms with E-state index in [0.717, 1.165) is 6.07 Å². The Morgan fingerprint density at radius 2 is 1.94 bits per heavy atom. The van der Waals surface area contributed by atoms with Gasteiger partial charge in [0.15, 0.2) is 0 Å². The highest BCUT2D eigenvalue weighted by atomic mass is 32.2. The second kappa shape index (κ2) is 3.94. The van der Waals surface area contributed by atoms with Crippen LogP contribution in [0.2, 0.25) is 0 Å². The zero-order valence-corrected chi connectivity index (χ0v) is 9.35. The molecule has 1 aromatic carbocycles. The summed E-state index contributed by atoms with van der Waals surface area (Å²) in [6, 6.07) is 3.56. The molecule has 0 saturated heterocycles. The van der Waals surface area contributed by atoms with Crippen molar-refractivity contribution in [2.24, 2.45) is 5.16 Å². The molecule has 9 heteroatoms. The topological polar surface area (TPSA) is 55.7 Å². The van der Waals surface area contributed by atoms with Crippen molar-refractivity contribution in [1.82, 2.24) is 0 Å². The van der Waals surface area contributed by atoms with Crippen molar-refractivity contribution in [2.75, 3.05) is 0 Å². The molecule has 98 valence electrons. The molecule has 0 heterocycles. The molecule has 4 nitrogen and oxygen atoms in total. The summed E-state index contributed by atoms with van der Waals surface area (Å²) in [4.78, 5) is 0. The van der Waals surface area contributed by atoms with E-state index in [4.69, 9.17) is 0 Å². The van der Waals surface area contributed by atoms with Crippen LogP contribution in [0.25, 0.3) is 0 Å². The lowest BCUT2D eigenvalue weighted by molar-refractivity contribution is -0.0541. The number of rotatable bonds is 2. The molecule has 1 aliphatic carbocycles. The molecular formula is C9H5F4NO3S. The lowest BCUT2D eigenvalue weighted by Crippen LogP contribution is -2.26. The molecule has 0 amide bonds. The summed E-state index contributed by atoms with van der Waals surface area (Å²) in [5.41, 5.74) is -4.60.